The molecule has 2 N–H and O–H groups in total. The van der Waals surface area contributed by atoms with Crippen LogP contribution in [-0.2, 0) is 6.42 Å². The van der Waals surface area contributed by atoms with Crippen molar-refractivity contribution in [3.8, 4) is 0 Å². The van der Waals surface area contributed by atoms with E-state index in [1.807, 2.05) is 0 Å². The number of hydrogen-bond donors (Lipinski definition) is 1. The number of rotatable bonds is 0. The third-order valence-corrected chi connectivity index (χ3v) is 1.96. The third-order valence-electron chi connectivity index (χ3n) is 1.96. The van der Waals surface area contributed by atoms with E-state index in [0.717, 1.165) is 12.8 Å². The highest BCUT2D eigenvalue weighted by Crippen LogP contribution is 2.16. The Bertz CT molecular complexity index is 330. The van der Waals surface area contributed by atoms with Crippen molar-refractivity contribution in [1.82, 2.24) is 5.16 Å². The summed E-state index contributed by atoms with van der Waals surface area (Å²) in [6.45, 7) is 0. The summed E-state index contributed by atoms with van der Waals surface area (Å²) in [7, 11) is 0. The molecule has 1 aliphatic rings. The summed E-state index contributed by atoms with van der Waals surface area (Å²) < 4.78 is 4.42. The number of hydrogen-bond acceptors (Lipinski definition) is 5. The maximum atomic E-state index is 10.9. The number of nitrogens with zero attached hydrogens (tertiary/aromatic N) is 3. The molecule has 1 aromatic rings. The Balaban J connectivity index is 2.53. The molecule has 1 aromatic heterocycles. The summed E-state index contributed by atoms with van der Waals surface area (Å²) >= 11 is 0. The van der Waals surface area contributed by atoms with Gasteiger partial charge in [0.15, 0.2) is 0 Å². The Kier molecular flexibility index (Phi) is 1.46. The molecule has 0 aromatic carbocycles. The Morgan fingerprint density at radius 3 is 3.17 bits per heavy atom. The largest absolute Gasteiger partial charge is 0.359 e. The minimum Gasteiger partial charge on any atom is -0.359 e. The van der Waals surface area contributed by atoms with Crippen molar-refractivity contribution in [3.05, 3.63) is 16.6 Å². The highest BCUT2D eigenvalue weighted by molar-refractivity contribution is 5.99. The van der Waals surface area contributed by atoms with Crippen LogP contribution in [0.2, 0.25) is 0 Å². The van der Waals surface area contributed by atoms with E-state index in [1.165, 1.54) is 0 Å². The van der Waals surface area contributed by atoms with Gasteiger partial charge in [0.1, 0.15) is 5.71 Å². The normalized spacial score (nSPS) is 19.5. The van der Waals surface area contributed by atoms with Gasteiger partial charge in [-0.25, -0.2) is 0 Å². The molecule has 12 heavy (non-hydrogen) atoms. The third kappa shape index (κ3) is 0.843. The van der Waals surface area contributed by atoms with Crippen LogP contribution in [-0.4, -0.2) is 10.9 Å². The predicted octanol–water partition coefficient (Wildman–Crippen LogP) is -0.693. The van der Waals surface area contributed by atoms with Gasteiger partial charge in [0.25, 0.3) is 5.69 Å². The summed E-state index contributed by atoms with van der Waals surface area (Å²) in [6.07, 6.45) is 2.31. The van der Waals surface area contributed by atoms with Crippen LogP contribution < -0.4 is 10.7 Å². The topological polar surface area (TPSA) is 91.3 Å². The lowest BCUT2D eigenvalue weighted by Crippen LogP contribution is -2.31. The molecule has 6 heteroatoms. The van der Waals surface area contributed by atoms with Crippen LogP contribution in [0.15, 0.2) is 9.73 Å². The molecular weight excluding hydrogens is 160 g/mol. The highest BCUT2D eigenvalue weighted by Gasteiger charge is 2.27. The monoisotopic (exact) mass is 168 g/mol. The van der Waals surface area contributed by atoms with Gasteiger partial charge in [-0.1, -0.05) is 0 Å². The number of nitrogens with two attached hydrogens (primary N) is 1. The van der Waals surface area contributed by atoms with E-state index >= 15 is 0 Å². The number of aromatic nitrogens is 2. The molecule has 6 nitrogen and oxygen atoms in total. The van der Waals surface area contributed by atoms with Crippen LogP contribution in [0, 0.1) is 5.21 Å². The highest BCUT2D eigenvalue weighted by atomic mass is 16.8. The van der Waals surface area contributed by atoms with Gasteiger partial charge < -0.3 is 11.0 Å². The van der Waals surface area contributed by atoms with Gasteiger partial charge >= 0.3 is 0 Å². The first-order valence-electron chi connectivity index (χ1n) is 3.68. The van der Waals surface area contributed by atoms with Gasteiger partial charge in [-0.3, -0.25) is 4.63 Å². The molecule has 0 bridgehead atoms. The molecule has 0 unspecified atom stereocenters. The minimum atomic E-state index is 0.416. The van der Waals surface area contributed by atoms with E-state index in [-0.39, 0.29) is 0 Å². The number of hydrazone groups is 1. The van der Waals surface area contributed by atoms with E-state index in [9.17, 15) is 5.21 Å². The van der Waals surface area contributed by atoms with E-state index in [0.29, 0.717) is 28.4 Å². The van der Waals surface area contributed by atoms with Gasteiger partial charge in [-0.2, -0.15) is 5.10 Å². The Morgan fingerprint density at radius 2 is 2.42 bits per heavy atom. The summed E-state index contributed by atoms with van der Waals surface area (Å²) in [5.74, 6) is 5.12. The smallest absolute Gasteiger partial charge is 0.267 e. The Labute approximate surface area is 68.2 Å². The molecule has 1 heterocycles. The fourth-order valence-electron chi connectivity index (χ4n) is 1.36. The minimum absolute atomic E-state index is 0.416. The van der Waals surface area contributed by atoms with Crippen LogP contribution in [0.25, 0.3) is 0 Å². The Hall–Kier alpha value is -1.59. The van der Waals surface area contributed by atoms with Crippen molar-refractivity contribution in [3.63, 3.8) is 0 Å². The second-order valence-electron chi connectivity index (χ2n) is 2.65. The molecular formula is C6H8N4O2. The lowest BCUT2D eigenvalue weighted by Gasteiger charge is -2.05. The van der Waals surface area contributed by atoms with Crippen LogP contribution in [0.1, 0.15) is 24.2 Å². The molecule has 2 rings (SSSR count). The lowest BCUT2D eigenvalue weighted by atomic mass is 9.99. The molecule has 0 fully saturated rings. The van der Waals surface area contributed by atoms with Gasteiger partial charge in [-0.05, 0) is 17.7 Å². The first-order chi connectivity index (χ1) is 5.83. The quantitative estimate of drug-likeness (QED) is 0.315. The van der Waals surface area contributed by atoms with Gasteiger partial charge in [0, 0.05) is 11.6 Å². The van der Waals surface area contributed by atoms with Crippen LogP contribution in [0.3, 0.4) is 0 Å². The molecule has 0 radical (unpaired) electrons. The van der Waals surface area contributed by atoms with Crippen LogP contribution in [0.4, 0.5) is 0 Å². The fourth-order valence-corrected chi connectivity index (χ4v) is 1.36. The zero-order valence-corrected chi connectivity index (χ0v) is 6.36. The molecule has 0 saturated carbocycles. The summed E-state index contributed by atoms with van der Waals surface area (Å²) in [5.41, 5.74) is 1.69. The SMILES string of the molecule is NN=C1CCCc2c1no[n+]2[O-]. The average Bonchev–Trinajstić information content (AvgIpc) is 2.48. The molecule has 64 valence electrons. The maximum Gasteiger partial charge on any atom is 0.267 e. The standard InChI is InChI=1S/C6H8N4O2/c7-8-4-2-1-3-5-6(4)9-12-10(5)11/h1-3,7H2. The van der Waals surface area contributed by atoms with E-state index in [4.69, 9.17) is 5.84 Å². The predicted molar refractivity (Wildman–Crippen MR) is 39.1 cm³/mol. The zero-order chi connectivity index (χ0) is 8.55. The molecule has 1 aliphatic carbocycles. The van der Waals surface area contributed by atoms with Crippen molar-refractivity contribution >= 4 is 5.71 Å². The molecule has 0 spiro atoms. The van der Waals surface area contributed by atoms with E-state index in [2.05, 4.69) is 14.9 Å². The van der Waals surface area contributed by atoms with Gasteiger partial charge in [0.05, 0.1) is 0 Å². The van der Waals surface area contributed by atoms with Crippen molar-refractivity contribution in [2.45, 2.75) is 19.3 Å². The molecule has 0 saturated heterocycles. The van der Waals surface area contributed by atoms with Crippen molar-refractivity contribution in [2.24, 2.45) is 10.9 Å². The van der Waals surface area contributed by atoms with E-state index < -0.39 is 0 Å². The zero-order valence-electron chi connectivity index (χ0n) is 6.36. The van der Waals surface area contributed by atoms with Crippen molar-refractivity contribution in [2.75, 3.05) is 0 Å². The molecule has 0 amide bonds. The average molecular weight is 168 g/mol. The Morgan fingerprint density at radius 1 is 1.58 bits per heavy atom. The summed E-state index contributed by atoms with van der Waals surface area (Å²) in [5, 5.41) is 18.0. The summed E-state index contributed by atoms with van der Waals surface area (Å²) in [6, 6.07) is 0. The van der Waals surface area contributed by atoms with Crippen molar-refractivity contribution in [1.29, 1.82) is 0 Å². The van der Waals surface area contributed by atoms with Crippen LogP contribution in [0.5, 0.6) is 0 Å². The summed E-state index contributed by atoms with van der Waals surface area (Å²) in [4.78, 5) is 0.416. The van der Waals surface area contributed by atoms with Crippen molar-refractivity contribution < 1.29 is 9.53 Å². The molecule has 0 aliphatic heterocycles. The van der Waals surface area contributed by atoms with Crippen LogP contribution >= 0.6 is 0 Å². The second kappa shape index (κ2) is 2.47. The maximum absolute atomic E-state index is 10.9. The lowest BCUT2D eigenvalue weighted by molar-refractivity contribution is -0.808. The number of fused-ring (bicyclic) bond motifs is 1. The van der Waals surface area contributed by atoms with Gasteiger partial charge in [0.2, 0.25) is 5.69 Å². The molecule has 0 atom stereocenters. The second-order valence-corrected chi connectivity index (χ2v) is 2.65. The first-order valence-corrected chi connectivity index (χ1v) is 3.68. The first kappa shape index (κ1) is 7.08. The van der Waals surface area contributed by atoms with Gasteiger partial charge in [-0.15, -0.1) is 0 Å². The van der Waals surface area contributed by atoms with E-state index in [1.54, 1.807) is 0 Å². The fraction of sp³-hybridized carbons (Fsp3) is 0.500.